The number of aromatic nitrogens is 3. The largest absolute Gasteiger partial charge is 0.385 e. The van der Waals surface area contributed by atoms with E-state index in [0.29, 0.717) is 36.1 Å². The second-order valence-electron chi connectivity index (χ2n) is 5.76. The van der Waals surface area contributed by atoms with Gasteiger partial charge in [0.15, 0.2) is 5.82 Å². The maximum atomic E-state index is 13.3. The van der Waals surface area contributed by atoms with Crippen LogP contribution in [0.15, 0.2) is 48.5 Å². The molecule has 0 spiro atoms. The fraction of sp³-hybridized carbons (Fsp3) is 0.211. The van der Waals surface area contributed by atoms with Crippen LogP contribution in [-0.2, 0) is 4.74 Å². The maximum absolute atomic E-state index is 13.3. The van der Waals surface area contributed by atoms with E-state index < -0.39 is 0 Å². The average Bonchev–Trinajstić information content (AvgIpc) is 3.12. The molecule has 0 aliphatic rings. The SMILES string of the molecule is COCCCNC(=O)c1nc(-c2ccc(Cl)cc2)n(-c2ccc(F)cc2)n1. The number of rotatable bonds is 7. The number of benzene rings is 2. The monoisotopic (exact) mass is 388 g/mol. The predicted molar refractivity (Wildman–Crippen MR) is 101 cm³/mol. The molecule has 3 rings (SSSR count). The quantitative estimate of drug-likeness (QED) is 0.629. The van der Waals surface area contributed by atoms with E-state index in [1.807, 2.05) is 0 Å². The highest BCUT2D eigenvalue weighted by atomic mass is 35.5. The van der Waals surface area contributed by atoms with Gasteiger partial charge in [-0.05, 0) is 55.0 Å². The number of ether oxygens (including phenoxy) is 1. The summed E-state index contributed by atoms with van der Waals surface area (Å²) in [5.41, 5.74) is 1.32. The van der Waals surface area contributed by atoms with E-state index in [4.69, 9.17) is 16.3 Å². The molecule has 1 amide bonds. The molecule has 3 aromatic rings. The lowest BCUT2D eigenvalue weighted by Gasteiger charge is -2.06. The first-order valence-electron chi connectivity index (χ1n) is 8.34. The van der Waals surface area contributed by atoms with Crippen LogP contribution in [0.25, 0.3) is 17.1 Å². The smallest absolute Gasteiger partial charge is 0.290 e. The van der Waals surface area contributed by atoms with Crippen LogP contribution >= 0.6 is 11.6 Å². The average molecular weight is 389 g/mol. The molecule has 1 N–H and O–H groups in total. The summed E-state index contributed by atoms with van der Waals surface area (Å²) in [6, 6.07) is 12.8. The Bertz CT molecular complexity index is 847. The lowest BCUT2D eigenvalue weighted by molar-refractivity contribution is 0.0938. The van der Waals surface area contributed by atoms with E-state index in [-0.39, 0.29) is 17.5 Å². The van der Waals surface area contributed by atoms with Gasteiger partial charge in [-0.3, -0.25) is 4.79 Å². The van der Waals surface area contributed by atoms with E-state index in [2.05, 4.69) is 15.4 Å². The molecule has 1 aromatic heterocycles. The van der Waals surface area contributed by atoms with Crippen molar-refractivity contribution in [2.75, 3.05) is 20.3 Å². The van der Waals surface area contributed by atoms with Gasteiger partial charge in [0.1, 0.15) is 5.82 Å². The summed E-state index contributed by atoms with van der Waals surface area (Å²) >= 11 is 5.95. The number of nitrogens with zero attached hydrogens (tertiary/aromatic N) is 3. The Kier molecular flexibility index (Phi) is 6.16. The lowest BCUT2D eigenvalue weighted by atomic mass is 10.2. The third-order valence-corrected chi connectivity index (χ3v) is 4.05. The van der Waals surface area contributed by atoms with Crippen LogP contribution < -0.4 is 5.32 Å². The zero-order valence-electron chi connectivity index (χ0n) is 14.7. The highest BCUT2D eigenvalue weighted by Gasteiger charge is 2.18. The Morgan fingerprint density at radius 2 is 1.89 bits per heavy atom. The van der Waals surface area contributed by atoms with Gasteiger partial charge in [0.2, 0.25) is 5.82 Å². The van der Waals surface area contributed by atoms with Crippen molar-refractivity contribution in [2.24, 2.45) is 0 Å². The number of amides is 1. The Hall–Kier alpha value is -2.77. The van der Waals surface area contributed by atoms with Gasteiger partial charge in [0.25, 0.3) is 5.91 Å². The van der Waals surface area contributed by atoms with Crippen molar-refractivity contribution >= 4 is 17.5 Å². The Balaban J connectivity index is 1.94. The van der Waals surface area contributed by atoms with Crippen LogP contribution in [0.4, 0.5) is 4.39 Å². The summed E-state index contributed by atoms with van der Waals surface area (Å²) in [4.78, 5) is 16.8. The number of carbonyl (C=O) groups is 1. The van der Waals surface area contributed by atoms with Crippen molar-refractivity contribution in [3.05, 3.63) is 65.2 Å². The highest BCUT2D eigenvalue weighted by Crippen LogP contribution is 2.23. The molecule has 0 bridgehead atoms. The van der Waals surface area contributed by atoms with Gasteiger partial charge in [-0.1, -0.05) is 11.6 Å². The van der Waals surface area contributed by atoms with Gasteiger partial charge in [-0.25, -0.2) is 14.1 Å². The minimum atomic E-state index is -0.387. The molecule has 1 heterocycles. The van der Waals surface area contributed by atoms with Crippen molar-refractivity contribution in [3.8, 4) is 17.1 Å². The van der Waals surface area contributed by atoms with Crippen LogP contribution in [0.5, 0.6) is 0 Å². The van der Waals surface area contributed by atoms with Gasteiger partial charge < -0.3 is 10.1 Å². The van der Waals surface area contributed by atoms with Crippen LogP contribution in [0.2, 0.25) is 5.02 Å². The molecular weight excluding hydrogens is 371 g/mol. The number of hydrogen-bond acceptors (Lipinski definition) is 4. The Morgan fingerprint density at radius 1 is 1.19 bits per heavy atom. The van der Waals surface area contributed by atoms with Crippen LogP contribution in [0.1, 0.15) is 17.0 Å². The molecule has 0 atom stereocenters. The van der Waals surface area contributed by atoms with Crippen LogP contribution in [0, 0.1) is 5.82 Å². The molecule has 0 saturated heterocycles. The number of carbonyl (C=O) groups excluding carboxylic acids is 1. The maximum Gasteiger partial charge on any atom is 0.290 e. The summed E-state index contributed by atoms with van der Waals surface area (Å²) in [7, 11) is 1.60. The predicted octanol–water partition coefficient (Wildman–Crippen LogP) is 3.49. The van der Waals surface area contributed by atoms with Crippen LogP contribution in [0.3, 0.4) is 0 Å². The normalized spacial score (nSPS) is 10.8. The number of halogens is 2. The van der Waals surface area contributed by atoms with Gasteiger partial charge in [-0.2, -0.15) is 0 Å². The van der Waals surface area contributed by atoms with Crippen molar-refractivity contribution < 1.29 is 13.9 Å². The molecule has 0 fully saturated rings. The minimum Gasteiger partial charge on any atom is -0.385 e. The molecule has 0 radical (unpaired) electrons. The standard InChI is InChI=1S/C19H18ClFN4O2/c1-27-12-2-11-22-19(26)17-23-18(13-3-5-14(20)6-4-13)25(24-17)16-9-7-15(21)8-10-16/h3-10H,2,11-12H2,1H3,(H,22,26). The Labute approximate surface area is 160 Å². The third kappa shape index (κ3) is 4.69. The lowest BCUT2D eigenvalue weighted by Crippen LogP contribution is -2.26. The fourth-order valence-corrected chi connectivity index (χ4v) is 2.58. The third-order valence-electron chi connectivity index (χ3n) is 3.79. The van der Waals surface area contributed by atoms with Crippen LogP contribution in [-0.4, -0.2) is 40.9 Å². The molecular formula is C19H18ClFN4O2. The molecule has 8 heteroatoms. The first kappa shape index (κ1) is 19.0. The van der Waals surface area contributed by atoms with E-state index in [0.717, 1.165) is 5.56 Å². The van der Waals surface area contributed by atoms with Crippen molar-refractivity contribution in [1.29, 1.82) is 0 Å². The highest BCUT2D eigenvalue weighted by molar-refractivity contribution is 6.30. The summed E-state index contributed by atoms with van der Waals surface area (Å²) < 4.78 is 19.7. The summed E-state index contributed by atoms with van der Waals surface area (Å²) in [6.45, 7) is 1.00. The first-order chi connectivity index (χ1) is 13.1. The topological polar surface area (TPSA) is 69.0 Å². The Morgan fingerprint density at radius 3 is 2.56 bits per heavy atom. The number of hydrogen-bond donors (Lipinski definition) is 1. The second kappa shape index (κ2) is 8.75. The molecule has 140 valence electrons. The molecule has 6 nitrogen and oxygen atoms in total. The minimum absolute atomic E-state index is 0.0293. The molecule has 0 aliphatic heterocycles. The zero-order chi connectivity index (χ0) is 19.2. The van der Waals surface area contributed by atoms with E-state index in [1.54, 1.807) is 43.5 Å². The first-order valence-corrected chi connectivity index (χ1v) is 8.72. The van der Waals surface area contributed by atoms with E-state index in [1.165, 1.54) is 16.8 Å². The van der Waals surface area contributed by atoms with Crippen molar-refractivity contribution in [3.63, 3.8) is 0 Å². The van der Waals surface area contributed by atoms with Gasteiger partial charge >= 0.3 is 0 Å². The summed E-state index contributed by atoms with van der Waals surface area (Å²) in [5.74, 6) is -0.257. The number of methoxy groups -OCH3 is 1. The summed E-state index contributed by atoms with van der Waals surface area (Å²) in [5, 5.41) is 7.66. The fourth-order valence-electron chi connectivity index (χ4n) is 2.45. The van der Waals surface area contributed by atoms with Gasteiger partial charge in [-0.15, -0.1) is 5.10 Å². The van der Waals surface area contributed by atoms with Crippen molar-refractivity contribution in [2.45, 2.75) is 6.42 Å². The van der Waals surface area contributed by atoms with Gasteiger partial charge in [0.05, 0.1) is 5.69 Å². The second-order valence-corrected chi connectivity index (χ2v) is 6.19. The van der Waals surface area contributed by atoms with Crippen molar-refractivity contribution in [1.82, 2.24) is 20.1 Å². The zero-order valence-corrected chi connectivity index (χ0v) is 15.4. The van der Waals surface area contributed by atoms with E-state index in [9.17, 15) is 9.18 Å². The van der Waals surface area contributed by atoms with E-state index >= 15 is 0 Å². The molecule has 2 aromatic carbocycles. The summed E-state index contributed by atoms with van der Waals surface area (Å²) in [6.07, 6.45) is 0.685. The molecule has 0 saturated carbocycles. The van der Waals surface area contributed by atoms with Gasteiger partial charge in [0, 0.05) is 30.8 Å². The molecule has 0 unspecified atom stereocenters. The molecule has 0 aliphatic carbocycles. The molecule has 27 heavy (non-hydrogen) atoms. The number of nitrogens with one attached hydrogen (secondary N) is 1.